The fourth-order valence-corrected chi connectivity index (χ4v) is 6.21. The summed E-state index contributed by atoms with van der Waals surface area (Å²) in [5.41, 5.74) is 4.96. The van der Waals surface area contributed by atoms with Crippen molar-refractivity contribution in [2.45, 2.75) is 64.8 Å². The topological polar surface area (TPSA) is 73.8 Å². The summed E-state index contributed by atoms with van der Waals surface area (Å²) in [6.07, 6.45) is 8.23. The first-order valence-electron chi connectivity index (χ1n) is 15.3. The molecule has 41 heavy (non-hydrogen) atoms. The molecule has 0 bridgehead atoms. The van der Waals surface area contributed by atoms with Crippen molar-refractivity contribution in [3.63, 3.8) is 0 Å². The molecule has 0 radical (unpaired) electrons. The van der Waals surface area contributed by atoms with E-state index in [1.165, 1.54) is 11.3 Å². The molecule has 1 N–H and O–H groups in total. The Morgan fingerprint density at radius 1 is 1.00 bits per heavy atom. The lowest BCUT2D eigenvalue weighted by Gasteiger charge is -2.37. The van der Waals surface area contributed by atoms with E-state index in [2.05, 4.69) is 59.0 Å². The Morgan fingerprint density at radius 2 is 1.71 bits per heavy atom. The third kappa shape index (κ3) is 7.01. The van der Waals surface area contributed by atoms with Gasteiger partial charge in [0.15, 0.2) is 6.29 Å². The van der Waals surface area contributed by atoms with Gasteiger partial charge in [0.2, 0.25) is 0 Å². The van der Waals surface area contributed by atoms with Crippen LogP contribution in [0.4, 0.5) is 11.4 Å². The standard InChI is InChI=1S/C33H43ClN4O3/c1-3-5-18-40-33(41-19-6-4-2)25-13-15-37(16-14-25)27-9-7-24(8-10-27)30-23-38(17-20-39-30)29-12-11-28(34)31-26(21-35)22-36-32(29)31/h7-12,22,25,30,33,36H,3-6,13-20,23H2,1-2H3. The highest BCUT2D eigenvalue weighted by molar-refractivity contribution is 6.36. The summed E-state index contributed by atoms with van der Waals surface area (Å²) in [7, 11) is 0. The maximum absolute atomic E-state index is 9.50. The van der Waals surface area contributed by atoms with E-state index in [0.717, 1.165) is 94.5 Å². The first-order chi connectivity index (χ1) is 20.1. The van der Waals surface area contributed by atoms with E-state index in [4.69, 9.17) is 25.8 Å². The smallest absolute Gasteiger partial charge is 0.160 e. The highest BCUT2D eigenvalue weighted by atomic mass is 35.5. The fourth-order valence-electron chi connectivity index (χ4n) is 5.95. The first-order valence-corrected chi connectivity index (χ1v) is 15.6. The maximum Gasteiger partial charge on any atom is 0.160 e. The van der Waals surface area contributed by atoms with Gasteiger partial charge in [-0.25, -0.2) is 0 Å². The Labute approximate surface area is 249 Å². The number of benzene rings is 2. The fraction of sp³-hybridized carbons (Fsp3) is 0.545. The Kier molecular flexibility index (Phi) is 10.5. The average molecular weight is 579 g/mol. The average Bonchev–Trinajstić information content (AvgIpc) is 3.46. The number of hydrogen-bond donors (Lipinski definition) is 1. The van der Waals surface area contributed by atoms with Gasteiger partial charge in [-0.05, 0) is 55.5 Å². The number of anilines is 2. The van der Waals surface area contributed by atoms with Gasteiger partial charge in [-0.3, -0.25) is 0 Å². The van der Waals surface area contributed by atoms with Crippen LogP contribution in [0.25, 0.3) is 10.9 Å². The van der Waals surface area contributed by atoms with Gasteiger partial charge in [-0.2, -0.15) is 5.26 Å². The number of nitrogens with one attached hydrogen (secondary N) is 1. The minimum Gasteiger partial charge on any atom is -0.372 e. The van der Waals surface area contributed by atoms with Crippen molar-refractivity contribution in [2.75, 3.05) is 55.8 Å². The lowest BCUT2D eigenvalue weighted by atomic mass is 9.95. The van der Waals surface area contributed by atoms with Crippen molar-refractivity contribution in [3.05, 3.63) is 58.7 Å². The van der Waals surface area contributed by atoms with E-state index in [1.807, 2.05) is 12.1 Å². The number of fused-ring (bicyclic) bond motifs is 1. The molecule has 0 aliphatic carbocycles. The molecule has 1 atom stereocenters. The summed E-state index contributed by atoms with van der Waals surface area (Å²) in [5.74, 6) is 0.448. The Morgan fingerprint density at radius 3 is 2.37 bits per heavy atom. The molecule has 220 valence electrons. The molecular formula is C33H43ClN4O3. The van der Waals surface area contributed by atoms with Crippen LogP contribution in [0.2, 0.25) is 5.02 Å². The number of morpholine rings is 1. The van der Waals surface area contributed by atoms with E-state index in [0.29, 0.717) is 23.1 Å². The van der Waals surface area contributed by atoms with Crippen LogP contribution in [0.3, 0.4) is 0 Å². The molecule has 3 heterocycles. The van der Waals surface area contributed by atoms with Gasteiger partial charge in [0, 0.05) is 62.6 Å². The van der Waals surface area contributed by atoms with E-state index in [-0.39, 0.29) is 12.4 Å². The van der Waals surface area contributed by atoms with Crippen LogP contribution in [0.5, 0.6) is 0 Å². The highest BCUT2D eigenvalue weighted by Crippen LogP contribution is 2.36. The predicted octanol–water partition coefficient (Wildman–Crippen LogP) is 7.45. The van der Waals surface area contributed by atoms with Gasteiger partial charge in [-0.15, -0.1) is 0 Å². The molecule has 2 fully saturated rings. The van der Waals surface area contributed by atoms with Gasteiger partial charge < -0.3 is 29.0 Å². The number of ether oxygens (including phenoxy) is 3. The third-order valence-corrected chi connectivity index (χ3v) is 8.72. The summed E-state index contributed by atoms with van der Waals surface area (Å²) in [6, 6.07) is 15.0. The van der Waals surface area contributed by atoms with Crippen LogP contribution in [0, 0.1) is 17.2 Å². The molecule has 5 rings (SSSR count). The quantitative estimate of drug-likeness (QED) is 0.178. The lowest BCUT2D eigenvalue weighted by molar-refractivity contribution is -0.177. The molecule has 2 saturated heterocycles. The first kappa shape index (κ1) is 29.7. The maximum atomic E-state index is 9.50. The van der Waals surface area contributed by atoms with Gasteiger partial charge >= 0.3 is 0 Å². The number of unbranched alkanes of at least 4 members (excludes halogenated alkanes) is 2. The number of hydrogen-bond acceptors (Lipinski definition) is 6. The van der Waals surface area contributed by atoms with Crippen molar-refractivity contribution in [3.8, 4) is 6.07 Å². The molecule has 0 amide bonds. The molecule has 8 heteroatoms. The molecule has 2 aromatic carbocycles. The predicted molar refractivity (Wildman–Crippen MR) is 166 cm³/mol. The minimum absolute atomic E-state index is 0.0269. The molecular weight excluding hydrogens is 536 g/mol. The monoisotopic (exact) mass is 578 g/mol. The van der Waals surface area contributed by atoms with Gasteiger partial charge in [0.1, 0.15) is 12.2 Å². The summed E-state index contributed by atoms with van der Waals surface area (Å²) < 4.78 is 18.6. The van der Waals surface area contributed by atoms with Gasteiger partial charge in [-0.1, -0.05) is 50.4 Å². The molecule has 3 aromatic rings. The Hall–Kier alpha value is -2.76. The Balaban J connectivity index is 1.20. The highest BCUT2D eigenvalue weighted by Gasteiger charge is 2.29. The third-order valence-electron chi connectivity index (χ3n) is 8.40. The zero-order chi connectivity index (χ0) is 28.6. The van der Waals surface area contributed by atoms with Crippen LogP contribution in [0.15, 0.2) is 42.6 Å². The zero-order valence-corrected chi connectivity index (χ0v) is 25.2. The van der Waals surface area contributed by atoms with Crippen molar-refractivity contribution < 1.29 is 14.2 Å². The van der Waals surface area contributed by atoms with E-state index >= 15 is 0 Å². The summed E-state index contributed by atoms with van der Waals surface area (Å²) in [4.78, 5) is 8.07. The second-order valence-corrected chi connectivity index (χ2v) is 11.6. The van der Waals surface area contributed by atoms with Crippen LogP contribution in [-0.4, -0.2) is 57.3 Å². The lowest BCUT2D eigenvalue weighted by Crippen LogP contribution is -2.40. The summed E-state index contributed by atoms with van der Waals surface area (Å²) in [6.45, 7) is 10.1. The number of rotatable bonds is 12. The normalized spacial score (nSPS) is 18.4. The van der Waals surface area contributed by atoms with Crippen LogP contribution < -0.4 is 9.80 Å². The molecule has 1 aromatic heterocycles. The molecule has 0 spiro atoms. The summed E-state index contributed by atoms with van der Waals surface area (Å²) in [5, 5.41) is 10.9. The van der Waals surface area contributed by atoms with Crippen molar-refractivity contribution in [1.29, 1.82) is 5.26 Å². The molecule has 2 aliphatic heterocycles. The molecule has 7 nitrogen and oxygen atoms in total. The summed E-state index contributed by atoms with van der Waals surface area (Å²) >= 11 is 6.44. The van der Waals surface area contributed by atoms with E-state index < -0.39 is 0 Å². The second kappa shape index (κ2) is 14.4. The van der Waals surface area contributed by atoms with Gasteiger partial charge in [0.05, 0.1) is 28.4 Å². The number of halogens is 1. The van der Waals surface area contributed by atoms with Crippen LogP contribution >= 0.6 is 11.6 Å². The van der Waals surface area contributed by atoms with Crippen molar-refractivity contribution in [1.82, 2.24) is 4.98 Å². The molecule has 0 saturated carbocycles. The zero-order valence-electron chi connectivity index (χ0n) is 24.4. The Bertz CT molecular complexity index is 1290. The van der Waals surface area contributed by atoms with E-state index in [1.54, 1.807) is 6.20 Å². The minimum atomic E-state index is -0.0802. The van der Waals surface area contributed by atoms with E-state index in [9.17, 15) is 5.26 Å². The molecule has 2 aliphatic rings. The second-order valence-electron chi connectivity index (χ2n) is 11.2. The number of piperidine rings is 1. The van der Waals surface area contributed by atoms with Crippen molar-refractivity contribution >= 4 is 33.9 Å². The number of aromatic amines is 1. The van der Waals surface area contributed by atoms with Gasteiger partial charge in [0.25, 0.3) is 0 Å². The largest absolute Gasteiger partial charge is 0.372 e. The molecule has 1 unspecified atom stereocenters. The van der Waals surface area contributed by atoms with Crippen LogP contribution in [0.1, 0.15) is 69.6 Å². The number of aromatic nitrogens is 1. The number of nitriles is 1. The number of H-pyrrole nitrogens is 1. The SMILES string of the molecule is CCCCOC(OCCCC)C1CCN(c2ccc(C3CN(c4ccc(Cl)c5c(C#N)c[nH]c45)CCO3)cc2)CC1. The number of nitrogens with zero attached hydrogens (tertiary/aromatic N) is 3. The van der Waals surface area contributed by atoms with Crippen molar-refractivity contribution in [2.24, 2.45) is 5.92 Å². The van der Waals surface area contributed by atoms with Crippen LogP contribution in [-0.2, 0) is 14.2 Å².